The van der Waals surface area contributed by atoms with Gasteiger partial charge in [0.1, 0.15) is 11.7 Å². The van der Waals surface area contributed by atoms with Gasteiger partial charge in [0.15, 0.2) is 11.0 Å². The average Bonchev–Trinajstić information content (AvgIpc) is 3.41. The summed E-state index contributed by atoms with van der Waals surface area (Å²) in [7, 11) is 0. The lowest BCUT2D eigenvalue weighted by Gasteiger charge is -2.50. The standard InChI is InChI=1S/C26H32N8O7S3/c1-26(2,3)24(38)41-12-40-23(37)19-16(43-15-6-8-29-10-13(15)11-42-9-7-27)5-4-14-17(22(36)34(14)19)30-21(35)18(32-39)20-31-25(28)44-33-20/h6,8,10,14,17-18H,4-5,7,9,11-12,27H2,1-3H3,(H,30,35)(H2,28,31,33)/t14?,17-,18?/m0/s1. The Balaban J connectivity index is 1.57. The molecule has 15 nitrogen and oxygen atoms in total. The van der Waals surface area contributed by atoms with E-state index in [4.69, 9.17) is 20.9 Å². The molecular formula is C26H32N8O7S3. The Kier molecular flexibility index (Phi) is 10.9. The summed E-state index contributed by atoms with van der Waals surface area (Å²) >= 11 is 3.76. The predicted octanol–water partition coefficient (Wildman–Crippen LogP) is 2.10. The van der Waals surface area contributed by atoms with Crippen molar-refractivity contribution in [2.45, 2.75) is 62.4 Å². The maximum atomic E-state index is 13.5. The summed E-state index contributed by atoms with van der Waals surface area (Å²) in [6.45, 7) is 4.87. The molecule has 1 fully saturated rings. The van der Waals surface area contributed by atoms with Crippen LogP contribution in [0.25, 0.3) is 0 Å². The van der Waals surface area contributed by atoms with E-state index in [0.717, 1.165) is 27.7 Å². The Morgan fingerprint density at radius 1 is 1.30 bits per heavy atom. The summed E-state index contributed by atoms with van der Waals surface area (Å²) in [5.41, 5.74) is 11.3. The van der Waals surface area contributed by atoms with Crippen molar-refractivity contribution in [2.75, 3.05) is 24.8 Å². The molecule has 2 aliphatic heterocycles. The quantitative estimate of drug-likeness (QED) is 0.0917. The Bertz CT molecular complexity index is 1460. The van der Waals surface area contributed by atoms with Crippen molar-refractivity contribution in [3.8, 4) is 0 Å². The lowest BCUT2D eigenvalue weighted by atomic mass is 9.86. The van der Waals surface area contributed by atoms with Gasteiger partial charge in [0.05, 0.1) is 11.5 Å². The van der Waals surface area contributed by atoms with Crippen LogP contribution >= 0.6 is 35.1 Å². The van der Waals surface area contributed by atoms with Crippen LogP contribution < -0.4 is 16.8 Å². The number of thioether (sulfide) groups is 2. The number of hydrogen-bond donors (Lipinski definition) is 3. The fourth-order valence-corrected chi connectivity index (χ4v) is 6.83. The summed E-state index contributed by atoms with van der Waals surface area (Å²) in [5.74, 6) is -1.63. The highest BCUT2D eigenvalue weighted by Gasteiger charge is 2.54. The minimum Gasteiger partial charge on any atom is -0.427 e. The zero-order valence-corrected chi connectivity index (χ0v) is 26.6. The Morgan fingerprint density at radius 2 is 2.07 bits per heavy atom. The van der Waals surface area contributed by atoms with Gasteiger partial charge in [0.2, 0.25) is 12.8 Å². The second-order valence-electron chi connectivity index (χ2n) is 10.7. The SMILES string of the molecule is CC(C)(C)C(=O)OCOC(=O)C1=C(Sc2ccncc2CSCCN)CCC2[C@H](NC(=O)C(N=O)c3nsc(N)n3)C(=O)N12. The minimum absolute atomic E-state index is 0.00932. The zero-order valence-electron chi connectivity index (χ0n) is 24.2. The third kappa shape index (κ3) is 7.54. The summed E-state index contributed by atoms with van der Waals surface area (Å²) in [6.07, 6.45) is 4.15. The number of β-lactam (4-membered cyclic amide) rings is 1. The Hall–Kier alpha value is -3.61. The molecule has 0 aromatic carbocycles. The number of aromatic nitrogens is 3. The molecule has 1 saturated heterocycles. The molecule has 0 bridgehead atoms. The molecule has 2 aromatic rings. The molecule has 18 heteroatoms. The number of allylic oxidation sites excluding steroid dienone is 1. The summed E-state index contributed by atoms with van der Waals surface area (Å²) < 4.78 is 14.3. The Labute approximate surface area is 265 Å². The number of carbonyl (C=O) groups is 4. The molecule has 4 heterocycles. The van der Waals surface area contributed by atoms with E-state index in [9.17, 15) is 24.1 Å². The van der Waals surface area contributed by atoms with Crippen LogP contribution in [0.1, 0.15) is 51.0 Å². The number of fused-ring (bicyclic) bond motifs is 1. The number of anilines is 1. The highest BCUT2D eigenvalue weighted by Crippen LogP contribution is 2.44. The molecule has 2 amide bonds. The molecular weight excluding hydrogens is 633 g/mol. The van der Waals surface area contributed by atoms with Gasteiger partial charge in [-0.15, -0.1) is 4.91 Å². The van der Waals surface area contributed by atoms with Gasteiger partial charge in [-0.05, 0) is 50.4 Å². The van der Waals surface area contributed by atoms with E-state index in [0.29, 0.717) is 30.0 Å². The molecule has 2 unspecified atom stereocenters. The number of esters is 2. The molecule has 2 aliphatic rings. The number of pyridine rings is 1. The average molecular weight is 665 g/mol. The number of amides is 2. The normalized spacial score (nSPS) is 18.6. The lowest BCUT2D eigenvalue weighted by molar-refractivity contribution is -0.174. The number of ether oxygens (including phenoxy) is 2. The Morgan fingerprint density at radius 3 is 2.73 bits per heavy atom. The van der Waals surface area contributed by atoms with E-state index >= 15 is 0 Å². The number of rotatable bonds is 13. The smallest absolute Gasteiger partial charge is 0.358 e. The van der Waals surface area contributed by atoms with Gasteiger partial charge in [0.25, 0.3) is 11.8 Å². The topological polar surface area (TPSA) is 222 Å². The van der Waals surface area contributed by atoms with Crippen LogP contribution in [0, 0.1) is 10.3 Å². The lowest BCUT2D eigenvalue weighted by Crippen LogP contribution is -2.71. The van der Waals surface area contributed by atoms with Crippen molar-refractivity contribution >= 4 is 63.9 Å². The molecule has 3 atom stereocenters. The van der Waals surface area contributed by atoms with Crippen molar-refractivity contribution in [3.05, 3.63) is 45.4 Å². The second-order valence-corrected chi connectivity index (χ2v) is 13.8. The van der Waals surface area contributed by atoms with Crippen LogP contribution in [0.4, 0.5) is 5.13 Å². The number of nitrogens with zero attached hydrogens (tertiary/aromatic N) is 5. The number of nitroso groups, excluding NO2 is 1. The molecule has 236 valence electrons. The summed E-state index contributed by atoms with van der Waals surface area (Å²) in [6, 6.07) is -1.41. The van der Waals surface area contributed by atoms with Crippen LogP contribution in [0.5, 0.6) is 0 Å². The molecule has 4 rings (SSSR count). The van der Waals surface area contributed by atoms with Gasteiger partial charge in [-0.2, -0.15) is 16.1 Å². The monoisotopic (exact) mass is 664 g/mol. The maximum absolute atomic E-state index is 13.5. The number of hydrogen-bond acceptors (Lipinski definition) is 16. The first kappa shape index (κ1) is 33.3. The van der Waals surface area contributed by atoms with Crippen molar-refractivity contribution in [1.82, 2.24) is 24.6 Å². The van der Waals surface area contributed by atoms with Gasteiger partial charge < -0.3 is 26.3 Å². The molecule has 44 heavy (non-hydrogen) atoms. The number of nitrogens with one attached hydrogen (secondary N) is 1. The molecule has 2 aromatic heterocycles. The number of carbonyl (C=O) groups excluding carboxylic acids is 4. The van der Waals surface area contributed by atoms with Crippen LogP contribution in [-0.4, -0.2) is 74.2 Å². The van der Waals surface area contributed by atoms with Crippen molar-refractivity contribution in [3.63, 3.8) is 0 Å². The minimum atomic E-state index is -1.60. The summed E-state index contributed by atoms with van der Waals surface area (Å²) in [4.78, 5) is 74.2. The third-order valence-electron chi connectivity index (χ3n) is 6.54. The summed E-state index contributed by atoms with van der Waals surface area (Å²) in [5, 5.41) is 5.42. The molecule has 0 spiro atoms. The van der Waals surface area contributed by atoms with Gasteiger partial charge in [0, 0.05) is 51.8 Å². The highest BCUT2D eigenvalue weighted by molar-refractivity contribution is 8.03. The predicted molar refractivity (Wildman–Crippen MR) is 163 cm³/mol. The van der Waals surface area contributed by atoms with Crippen LogP contribution in [0.3, 0.4) is 0 Å². The van der Waals surface area contributed by atoms with Gasteiger partial charge in [-0.3, -0.25) is 24.3 Å². The van der Waals surface area contributed by atoms with Crippen molar-refractivity contribution in [1.29, 1.82) is 0 Å². The van der Waals surface area contributed by atoms with E-state index in [2.05, 4.69) is 24.8 Å². The third-order valence-corrected chi connectivity index (χ3v) is 9.40. The van der Waals surface area contributed by atoms with Crippen molar-refractivity contribution in [2.24, 2.45) is 16.3 Å². The number of nitrogens with two attached hydrogens (primary N) is 2. The molecule has 0 radical (unpaired) electrons. The van der Waals surface area contributed by atoms with Gasteiger partial charge in [-0.1, -0.05) is 11.8 Å². The number of nitrogen functional groups attached to an aromatic ring is 1. The highest BCUT2D eigenvalue weighted by atomic mass is 32.2. The van der Waals surface area contributed by atoms with Crippen LogP contribution in [0.15, 0.2) is 39.1 Å². The van der Waals surface area contributed by atoms with E-state index < -0.39 is 54.1 Å². The van der Waals surface area contributed by atoms with Gasteiger partial charge in [-0.25, -0.2) is 9.78 Å². The first-order valence-electron chi connectivity index (χ1n) is 13.5. The largest absolute Gasteiger partial charge is 0.427 e. The van der Waals surface area contributed by atoms with E-state index in [1.165, 1.54) is 16.7 Å². The zero-order chi connectivity index (χ0) is 32.0. The van der Waals surface area contributed by atoms with Crippen LogP contribution in [0.2, 0.25) is 0 Å². The maximum Gasteiger partial charge on any atom is 0.358 e. The second kappa shape index (κ2) is 14.4. The van der Waals surface area contributed by atoms with Crippen molar-refractivity contribution < 1.29 is 28.7 Å². The first-order chi connectivity index (χ1) is 21.0. The van der Waals surface area contributed by atoms with Gasteiger partial charge >= 0.3 is 11.9 Å². The van der Waals surface area contributed by atoms with E-state index in [-0.39, 0.29) is 16.7 Å². The van der Waals surface area contributed by atoms with E-state index in [1.807, 2.05) is 6.07 Å². The molecule has 0 aliphatic carbocycles. The molecule has 5 N–H and O–H groups in total. The first-order valence-corrected chi connectivity index (χ1v) is 16.2. The fraction of sp³-hybridized carbons (Fsp3) is 0.500. The van der Waals surface area contributed by atoms with E-state index in [1.54, 1.807) is 44.9 Å². The molecule has 0 saturated carbocycles. The van der Waals surface area contributed by atoms with Crippen LogP contribution in [-0.2, 0) is 34.4 Å². The fourth-order valence-electron chi connectivity index (χ4n) is 4.36.